The minimum Gasteiger partial charge on any atom is -0.478 e. The number of hydrogen-bond acceptors (Lipinski definition) is 5. The predicted molar refractivity (Wildman–Crippen MR) is 91.3 cm³/mol. The van der Waals surface area contributed by atoms with Crippen LogP contribution < -0.4 is 5.32 Å². The molecule has 0 atom stereocenters. The molecule has 136 valence electrons. The van der Waals surface area contributed by atoms with Gasteiger partial charge in [0.1, 0.15) is 5.69 Å². The van der Waals surface area contributed by atoms with Gasteiger partial charge in [0.25, 0.3) is 5.91 Å². The third-order valence-corrected chi connectivity index (χ3v) is 3.43. The summed E-state index contributed by atoms with van der Waals surface area (Å²) in [4.78, 5) is 37.2. The van der Waals surface area contributed by atoms with Crippen LogP contribution in [0.1, 0.15) is 29.8 Å². The summed E-state index contributed by atoms with van der Waals surface area (Å²) < 4.78 is 0. The van der Waals surface area contributed by atoms with E-state index in [0.717, 1.165) is 6.54 Å². The molecule has 0 saturated carbocycles. The number of amides is 1. The molecular weight excluding hydrogens is 326 g/mol. The fourth-order valence-corrected chi connectivity index (χ4v) is 2.24. The van der Waals surface area contributed by atoms with E-state index >= 15 is 0 Å². The quantitative estimate of drug-likeness (QED) is 0.656. The van der Waals surface area contributed by atoms with Crippen molar-refractivity contribution >= 4 is 17.8 Å². The number of rotatable bonds is 6. The van der Waals surface area contributed by atoms with E-state index in [1.54, 1.807) is 12.3 Å². The molecule has 0 unspecified atom stereocenters. The van der Waals surface area contributed by atoms with Gasteiger partial charge in [-0.2, -0.15) is 0 Å². The maximum absolute atomic E-state index is 11.7. The third kappa shape index (κ3) is 9.87. The lowest BCUT2D eigenvalue weighted by Gasteiger charge is -2.26. The molecule has 2 rings (SSSR count). The number of nitrogens with zero attached hydrogens (tertiary/aromatic N) is 2. The molecule has 1 aromatic rings. The molecule has 3 N–H and O–H groups in total. The Hall–Kier alpha value is -2.74. The van der Waals surface area contributed by atoms with Crippen molar-refractivity contribution in [2.45, 2.75) is 19.3 Å². The number of aliphatic carboxylic acids is 2. The monoisotopic (exact) mass is 349 g/mol. The van der Waals surface area contributed by atoms with Crippen LogP contribution in [-0.4, -0.2) is 64.1 Å². The summed E-state index contributed by atoms with van der Waals surface area (Å²) in [6, 6.07) is 5.37. The second kappa shape index (κ2) is 11.7. The highest BCUT2D eigenvalue weighted by molar-refractivity contribution is 5.92. The molecule has 8 heteroatoms. The van der Waals surface area contributed by atoms with Crippen LogP contribution >= 0.6 is 0 Å². The fraction of sp³-hybridized carbons (Fsp3) is 0.412. The topological polar surface area (TPSA) is 120 Å². The van der Waals surface area contributed by atoms with Gasteiger partial charge in [-0.25, -0.2) is 9.59 Å². The number of carboxylic acids is 2. The average Bonchev–Trinajstić information content (AvgIpc) is 2.62. The molecule has 0 spiro atoms. The number of carbonyl (C=O) groups is 3. The first-order chi connectivity index (χ1) is 12.0. The van der Waals surface area contributed by atoms with E-state index in [2.05, 4.69) is 15.2 Å². The average molecular weight is 349 g/mol. The minimum absolute atomic E-state index is 0.0809. The summed E-state index contributed by atoms with van der Waals surface area (Å²) in [5.74, 6) is -2.59. The molecule has 0 aromatic carbocycles. The highest BCUT2D eigenvalue weighted by atomic mass is 16.4. The summed E-state index contributed by atoms with van der Waals surface area (Å²) in [6.45, 7) is 3.98. The Kier molecular flexibility index (Phi) is 9.54. The number of likely N-dealkylation sites (tertiary alicyclic amines) is 1. The molecule has 1 fully saturated rings. The van der Waals surface area contributed by atoms with Gasteiger partial charge in [-0.15, -0.1) is 0 Å². The van der Waals surface area contributed by atoms with Gasteiger partial charge in [-0.3, -0.25) is 9.78 Å². The van der Waals surface area contributed by atoms with E-state index < -0.39 is 11.9 Å². The first-order valence-electron chi connectivity index (χ1n) is 8.04. The number of nitrogens with one attached hydrogen (secondary N) is 1. The van der Waals surface area contributed by atoms with Gasteiger partial charge in [-0.05, 0) is 38.1 Å². The summed E-state index contributed by atoms with van der Waals surface area (Å²) in [6.07, 6.45) is 6.67. The molecule has 0 radical (unpaired) electrons. The fourth-order valence-electron chi connectivity index (χ4n) is 2.24. The van der Waals surface area contributed by atoms with Crippen LogP contribution in [0.15, 0.2) is 36.5 Å². The van der Waals surface area contributed by atoms with Gasteiger partial charge in [0.15, 0.2) is 0 Å². The number of carboxylic acid groups (broad SMARTS) is 2. The zero-order chi connectivity index (χ0) is 18.5. The van der Waals surface area contributed by atoms with E-state index in [1.807, 2.05) is 12.1 Å². The van der Waals surface area contributed by atoms with Gasteiger partial charge < -0.3 is 20.4 Å². The van der Waals surface area contributed by atoms with Crippen molar-refractivity contribution in [1.82, 2.24) is 15.2 Å². The number of aromatic nitrogens is 1. The lowest BCUT2D eigenvalue weighted by Crippen LogP contribution is -2.37. The molecule has 1 amide bonds. The van der Waals surface area contributed by atoms with Crippen LogP contribution in [0.25, 0.3) is 0 Å². The van der Waals surface area contributed by atoms with E-state index in [-0.39, 0.29) is 5.91 Å². The van der Waals surface area contributed by atoms with Gasteiger partial charge >= 0.3 is 11.9 Å². The summed E-state index contributed by atoms with van der Waals surface area (Å²) >= 11 is 0. The van der Waals surface area contributed by atoms with Crippen LogP contribution in [-0.2, 0) is 9.59 Å². The van der Waals surface area contributed by atoms with Gasteiger partial charge in [0, 0.05) is 31.4 Å². The number of pyridine rings is 1. The van der Waals surface area contributed by atoms with Crippen molar-refractivity contribution in [3.8, 4) is 0 Å². The maximum atomic E-state index is 11.7. The number of carbonyl (C=O) groups excluding carboxylic acids is 1. The van der Waals surface area contributed by atoms with Crippen molar-refractivity contribution in [3.63, 3.8) is 0 Å². The Bertz CT molecular complexity index is 567. The summed E-state index contributed by atoms with van der Waals surface area (Å²) in [5.41, 5.74) is 0.492. The van der Waals surface area contributed by atoms with E-state index in [4.69, 9.17) is 10.2 Å². The van der Waals surface area contributed by atoms with Crippen LogP contribution in [0.2, 0.25) is 0 Å². The minimum atomic E-state index is -1.26. The molecule has 25 heavy (non-hydrogen) atoms. The Balaban J connectivity index is 0.000000333. The molecule has 0 aliphatic carbocycles. The lowest BCUT2D eigenvalue weighted by molar-refractivity contribution is -0.134. The van der Waals surface area contributed by atoms with Crippen molar-refractivity contribution in [3.05, 3.63) is 42.2 Å². The zero-order valence-electron chi connectivity index (χ0n) is 13.9. The maximum Gasteiger partial charge on any atom is 0.328 e. The largest absolute Gasteiger partial charge is 0.478 e. The molecule has 1 aliphatic heterocycles. The zero-order valence-corrected chi connectivity index (χ0v) is 13.9. The number of piperidine rings is 1. The first-order valence-corrected chi connectivity index (χ1v) is 8.04. The van der Waals surface area contributed by atoms with Crippen molar-refractivity contribution < 1.29 is 24.6 Å². The second-order valence-electron chi connectivity index (χ2n) is 5.38. The highest BCUT2D eigenvalue weighted by Crippen LogP contribution is 2.07. The first kappa shape index (κ1) is 20.3. The number of hydrogen-bond donors (Lipinski definition) is 3. The predicted octanol–water partition coefficient (Wildman–Crippen LogP) is 1.01. The van der Waals surface area contributed by atoms with E-state index in [9.17, 15) is 14.4 Å². The Morgan fingerprint density at radius 2 is 1.72 bits per heavy atom. The standard InChI is InChI=1S/C13H19N3O.C4H4O4/c17-13(12-6-2-3-7-14-12)15-8-11-16-9-4-1-5-10-16;5-3(6)1-2-4(7)8/h2-3,6-7H,1,4-5,8-11H2,(H,15,17);1-2H,(H,5,6)(H,7,8)/b;2-1+. The van der Waals surface area contributed by atoms with Crippen LogP contribution in [0.5, 0.6) is 0 Å². The smallest absolute Gasteiger partial charge is 0.328 e. The van der Waals surface area contributed by atoms with E-state index in [1.165, 1.54) is 32.4 Å². The van der Waals surface area contributed by atoms with Crippen LogP contribution in [0.4, 0.5) is 0 Å². The van der Waals surface area contributed by atoms with Gasteiger partial charge in [0.05, 0.1) is 0 Å². The third-order valence-electron chi connectivity index (χ3n) is 3.43. The Labute approximate surface area is 146 Å². The molecule has 8 nitrogen and oxygen atoms in total. The van der Waals surface area contributed by atoms with E-state index in [0.29, 0.717) is 24.4 Å². The van der Waals surface area contributed by atoms with Crippen molar-refractivity contribution in [1.29, 1.82) is 0 Å². The van der Waals surface area contributed by atoms with Crippen molar-refractivity contribution in [2.24, 2.45) is 0 Å². The molecular formula is C17H23N3O5. The Morgan fingerprint density at radius 1 is 1.08 bits per heavy atom. The van der Waals surface area contributed by atoms with Gasteiger partial charge in [0.2, 0.25) is 0 Å². The Morgan fingerprint density at radius 3 is 2.24 bits per heavy atom. The SMILES string of the molecule is O=C(NCCN1CCCCC1)c1ccccn1.O=C(O)/C=C/C(=O)O. The normalized spacial score (nSPS) is 14.4. The van der Waals surface area contributed by atoms with Crippen molar-refractivity contribution in [2.75, 3.05) is 26.2 Å². The van der Waals surface area contributed by atoms with Crippen LogP contribution in [0.3, 0.4) is 0 Å². The van der Waals surface area contributed by atoms with Crippen LogP contribution in [0, 0.1) is 0 Å². The molecule has 1 aliphatic rings. The van der Waals surface area contributed by atoms with Gasteiger partial charge in [-0.1, -0.05) is 12.5 Å². The molecule has 2 heterocycles. The highest BCUT2D eigenvalue weighted by Gasteiger charge is 2.10. The summed E-state index contributed by atoms with van der Waals surface area (Å²) in [5, 5.41) is 18.5. The molecule has 1 saturated heterocycles. The second-order valence-corrected chi connectivity index (χ2v) is 5.38. The molecule has 1 aromatic heterocycles. The summed E-state index contributed by atoms with van der Waals surface area (Å²) in [7, 11) is 0. The lowest BCUT2D eigenvalue weighted by atomic mass is 10.1. The molecule has 0 bridgehead atoms.